The van der Waals surface area contributed by atoms with Gasteiger partial charge in [0.15, 0.2) is 0 Å². The van der Waals surface area contributed by atoms with Gasteiger partial charge in [0.25, 0.3) is 0 Å². The lowest BCUT2D eigenvalue weighted by molar-refractivity contribution is 0.551. The maximum atomic E-state index is 6.12. The van der Waals surface area contributed by atoms with Crippen LogP contribution in [-0.2, 0) is 19.9 Å². The van der Waals surface area contributed by atoms with Crippen LogP contribution >= 0.6 is 27.5 Å². The van der Waals surface area contributed by atoms with Gasteiger partial charge in [-0.2, -0.15) is 5.10 Å². The summed E-state index contributed by atoms with van der Waals surface area (Å²) in [6.45, 7) is 2.02. The minimum atomic E-state index is 0.436. The Kier molecular flexibility index (Phi) is 5.06. The average molecular weight is 342 g/mol. The molecule has 2 rings (SSSR count). The average Bonchev–Trinajstić information content (AvgIpc) is 2.67. The molecule has 0 bridgehead atoms. The number of rotatable bonds is 5. The summed E-state index contributed by atoms with van der Waals surface area (Å²) in [7, 11) is 1.99. The van der Waals surface area contributed by atoms with Gasteiger partial charge in [0.2, 0.25) is 0 Å². The summed E-state index contributed by atoms with van der Waals surface area (Å²) >= 11 is 9.63. The third kappa shape index (κ3) is 4.08. The number of alkyl halides is 1. The first-order chi connectivity index (χ1) is 9.08. The molecule has 0 saturated carbocycles. The van der Waals surface area contributed by atoms with Crippen LogP contribution in [0.4, 0.5) is 0 Å². The maximum absolute atomic E-state index is 6.12. The summed E-state index contributed by atoms with van der Waals surface area (Å²) < 4.78 is 3.07. The zero-order valence-corrected chi connectivity index (χ0v) is 13.6. The minimum Gasteiger partial charge on any atom is -0.272 e. The van der Waals surface area contributed by atoms with Crippen molar-refractivity contribution in [2.75, 3.05) is 5.88 Å². The van der Waals surface area contributed by atoms with E-state index in [1.807, 2.05) is 24.7 Å². The lowest BCUT2D eigenvalue weighted by Crippen LogP contribution is -2.12. The van der Waals surface area contributed by atoms with Crippen LogP contribution < -0.4 is 0 Å². The molecule has 1 aromatic carbocycles. The van der Waals surface area contributed by atoms with E-state index in [-0.39, 0.29) is 0 Å². The Morgan fingerprint density at radius 1 is 1.32 bits per heavy atom. The van der Waals surface area contributed by atoms with Crippen LogP contribution in [0.25, 0.3) is 0 Å². The first-order valence-corrected chi connectivity index (χ1v) is 7.71. The highest BCUT2D eigenvalue weighted by Crippen LogP contribution is 2.19. The van der Waals surface area contributed by atoms with E-state index >= 15 is 0 Å². The van der Waals surface area contributed by atoms with Gasteiger partial charge in [-0.25, -0.2) is 0 Å². The lowest BCUT2D eigenvalue weighted by Gasteiger charge is -2.14. The normalized spacial score (nSPS) is 12.6. The predicted octanol–water partition coefficient (Wildman–Crippen LogP) is 4.13. The van der Waals surface area contributed by atoms with E-state index in [9.17, 15) is 0 Å². The fourth-order valence-corrected chi connectivity index (χ4v) is 2.99. The fourth-order valence-electron chi connectivity index (χ4n) is 2.33. The molecule has 1 heterocycles. The largest absolute Gasteiger partial charge is 0.272 e. The van der Waals surface area contributed by atoms with E-state index in [4.69, 9.17) is 11.6 Å². The molecular weight excluding hydrogens is 324 g/mol. The van der Waals surface area contributed by atoms with Gasteiger partial charge in [-0.15, -0.1) is 11.6 Å². The van der Waals surface area contributed by atoms with E-state index in [2.05, 4.69) is 45.3 Å². The van der Waals surface area contributed by atoms with Gasteiger partial charge < -0.3 is 0 Å². The van der Waals surface area contributed by atoms with Crippen LogP contribution in [-0.4, -0.2) is 15.7 Å². The molecule has 0 spiro atoms. The van der Waals surface area contributed by atoms with Crippen molar-refractivity contribution in [1.29, 1.82) is 0 Å². The number of halogens is 2. The molecule has 1 aromatic heterocycles. The van der Waals surface area contributed by atoms with E-state index < -0.39 is 0 Å². The highest BCUT2D eigenvalue weighted by Gasteiger charge is 2.13. The van der Waals surface area contributed by atoms with E-state index in [0.717, 1.165) is 23.0 Å². The molecule has 0 aliphatic heterocycles. The van der Waals surface area contributed by atoms with Crippen molar-refractivity contribution in [3.63, 3.8) is 0 Å². The smallest absolute Gasteiger partial charge is 0.0596 e. The van der Waals surface area contributed by atoms with Gasteiger partial charge in [0, 0.05) is 23.1 Å². The topological polar surface area (TPSA) is 17.8 Å². The van der Waals surface area contributed by atoms with Crippen LogP contribution in [0.5, 0.6) is 0 Å². The van der Waals surface area contributed by atoms with Gasteiger partial charge in [-0.05, 0) is 49.4 Å². The maximum Gasteiger partial charge on any atom is 0.0596 e. The zero-order chi connectivity index (χ0) is 13.8. The third-order valence-electron chi connectivity index (χ3n) is 3.23. The Morgan fingerprint density at radius 3 is 2.68 bits per heavy atom. The second kappa shape index (κ2) is 6.58. The third-order valence-corrected chi connectivity index (χ3v) is 4.16. The first-order valence-electron chi connectivity index (χ1n) is 6.38. The Bertz CT molecular complexity index is 551. The summed E-state index contributed by atoms with van der Waals surface area (Å²) in [5, 5.41) is 4.39. The summed E-state index contributed by atoms with van der Waals surface area (Å²) in [5.41, 5.74) is 3.63. The van der Waals surface area contributed by atoms with Crippen molar-refractivity contribution in [3.8, 4) is 0 Å². The molecule has 0 saturated heterocycles. The van der Waals surface area contributed by atoms with Crippen molar-refractivity contribution in [1.82, 2.24) is 9.78 Å². The summed E-state index contributed by atoms with van der Waals surface area (Å²) in [6, 6.07) is 10.6. The quantitative estimate of drug-likeness (QED) is 0.748. The summed E-state index contributed by atoms with van der Waals surface area (Å²) in [4.78, 5) is 0. The molecule has 0 amide bonds. The van der Waals surface area contributed by atoms with Crippen LogP contribution in [0, 0.1) is 12.8 Å². The Balaban J connectivity index is 2.06. The van der Waals surface area contributed by atoms with Crippen molar-refractivity contribution in [2.45, 2.75) is 19.8 Å². The van der Waals surface area contributed by atoms with Crippen LogP contribution in [0.3, 0.4) is 0 Å². The molecule has 0 fully saturated rings. The first kappa shape index (κ1) is 14.6. The minimum absolute atomic E-state index is 0.436. The van der Waals surface area contributed by atoms with E-state index in [1.165, 1.54) is 11.3 Å². The SMILES string of the molecule is Cc1cc(CC(CCl)Cc2cccc(Br)c2)n(C)n1. The standard InChI is InChI=1S/C15H18BrClN2/c1-11-6-15(19(2)18-11)9-13(10-17)7-12-4-3-5-14(16)8-12/h3-6,8,13H,7,9-10H2,1-2H3. The number of aromatic nitrogens is 2. The Morgan fingerprint density at radius 2 is 2.11 bits per heavy atom. The molecule has 19 heavy (non-hydrogen) atoms. The zero-order valence-electron chi connectivity index (χ0n) is 11.2. The van der Waals surface area contributed by atoms with Crippen LogP contribution in [0.2, 0.25) is 0 Å². The van der Waals surface area contributed by atoms with Gasteiger partial charge in [-0.1, -0.05) is 28.1 Å². The molecule has 0 radical (unpaired) electrons. The molecule has 1 unspecified atom stereocenters. The van der Waals surface area contributed by atoms with Gasteiger partial charge in [0.05, 0.1) is 5.69 Å². The molecular formula is C15H18BrClN2. The van der Waals surface area contributed by atoms with Gasteiger partial charge in [0.1, 0.15) is 0 Å². The molecule has 2 nitrogen and oxygen atoms in total. The predicted molar refractivity (Wildman–Crippen MR) is 83.7 cm³/mol. The Labute approximate surface area is 127 Å². The van der Waals surface area contributed by atoms with Gasteiger partial charge in [-0.3, -0.25) is 4.68 Å². The summed E-state index contributed by atoms with van der Waals surface area (Å²) in [6.07, 6.45) is 1.96. The number of hydrogen-bond donors (Lipinski definition) is 0. The van der Waals surface area contributed by atoms with Gasteiger partial charge >= 0.3 is 0 Å². The second-order valence-electron chi connectivity index (χ2n) is 4.96. The second-order valence-corrected chi connectivity index (χ2v) is 6.18. The fraction of sp³-hybridized carbons (Fsp3) is 0.400. The number of aryl methyl sites for hydroxylation is 2. The Hall–Kier alpha value is -0.800. The molecule has 0 N–H and O–H groups in total. The van der Waals surface area contributed by atoms with Crippen molar-refractivity contribution >= 4 is 27.5 Å². The monoisotopic (exact) mass is 340 g/mol. The van der Waals surface area contributed by atoms with Crippen molar-refractivity contribution in [3.05, 3.63) is 51.8 Å². The van der Waals surface area contributed by atoms with Crippen LogP contribution in [0.1, 0.15) is 17.0 Å². The molecule has 0 aliphatic rings. The van der Waals surface area contributed by atoms with E-state index in [1.54, 1.807) is 0 Å². The summed E-state index contributed by atoms with van der Waals surface area (Å²) in [5.74, 6) is 1.10. The van der Waals surface area contributed by atoms with Crippen molar-refractivity contribution in [2.24, 2.45) is 13.0 Å². The van der Waals surface area contributed by atoms with E-state index in [0.29, 0.717) is 11.8 Å². The lowest BCUT2D eigenvalue weighted by atomic mass is 9.96. The molecule has 4 heteroatoms. The highest BCUT2D eigenvalue weighted by atomic mass is 79.9. The molecule has 1 atom stereocenters. The molecule has 102 valence electrons. The molecule has 0 aliphatic carbocycles. The number of benzene rings is 1. The van der Waals surface area contributed by atoms with Crippen LogP contribution in [0.15, 0.2) is 34.8 Å². The van der Waals surface area contributed by atoms with Crippen molar-refractivity contribution < 1.29 is 0 Å². The highest BCUT2D eigenvalue weighted by molar-refractivity contribution is 9.10. The number of nitrogens with zero attached hydrogens (tertiary/aromatic N) is 2. The molecule has 2 aromatic rings. The number of hydrogen-bond acceptors (Lipinski definition) is 1.